The third-order valence-electron chi connectivity index (χ3n) is 3.16. The zero-order valence-corrected chi connectivity index (χ0v) is 11.9. The van der Waals surface area contributed by atoms with Gasteiger partial charge in [-0.2, -0.15) is 4.80 Å². The quantitative estimate of drug-likeness (QED) is 0.896. The molecule has 106 valence electrons. The second-order valence-electron chi connectivity index (χ2n) is 5.11. The van der Waals surface area contributed by atoms with Gasteiger partial charge in [0.05, 0.1) is 0 Å². The van der Waals surface area contributed by atoms with Gasteiger partial charge in [0, 0.05) is 11.6 Å². The Bertz CT molecular complexity index is 564. The van der Waals surface area contributed by atoms with E-state index in [0.29, 0.717) is 11.7 Å². The van der Waals surface area contributed by atoms with Crippen LogP contribution < -0.4 is 5.32 Å². The standard InChI is InChI=1S/C14H19N5O/c1-10(2)11(3)15-13(20)9-19-17-14(16-18-19)12-7-5-4-6-8-12/h4-8,10-11H,9H2,1-3H3,(H,15,20)/t11-/m0/s1. The molecule has 1 heterocycles. The Kier molecular flexibility index (Phi) is 4.45. The average molecular weight is 273 g/mol. The molecule has 0 aliphatic heterocycles. The summed E-state index contributed by atoms with van der Waals surface area (Å²) in [4.78, 5) is 13.1. The number of nitrogens with one attached hydrogen (secondary N) is 1. The fourth-order valence-corrected chi connectivity index (χ4v) is 1.61. The van der Waals surface area contributed by atoms with Crippen LogP contribution in [0.4, 0.5) is 0 Å². The first-order valence-corrected chi connectivity index (χ1v) is 6.69. The van der Waals surface area contributed by atoms with Crippen LogP contribution in [0.15, 0.2) is 30.3 Å². The molecule has 2 aromatic rings. The molecule has 2 rings (SSSR count). The van der Waals surface area contributed by atoms with Crippen LogP contribution in [-0.4, -0.2) is 32.2 Å². The van der Waals surface area contributed by atoms with Crippen molar-refractivity contribution in [1.82, 2.24) is 25.5 Å². The summed E-state index contributed by atoms with van der Waals surface area (Å²) in [5.41, 5.74) is 0.884. The second-order valence-corrected chi connectivity index (χ2v) is 5.11. The van der Waals surface area contributed by atoms with E-state index in [1.54, 1.807) is 0 Å². The van der Waals surface area contributed by atoms with Gasteiger partial charge in [-0.1, -0.05) is 44.2 Å². The van der Waals surface area contributed by atoms with Crippen LogP contribution in [0.1, 0.15) is 20.8 Å². The Morgan fingerprint density at radius 2 is 1.95 bits per heavy atom. The van der Waals surface area contributed by atoms with E-state index >= 15 is 0 Å². The van der Waals surface area contributed by atoms with E-state index in [1.807, 2.05) is 37.3 Å². The van der Waals surface area contributed by atoms with Crippen molar-refractivity contribution in [2.45, 2.75) is 33.4 Å². The van der Waals surface area contributed by atoms with Gasteiger partial charge in [0.2, 0.25) is 11.7 Å². The van der Waals surface area contributed by atoms with Gasteiger partial charge in [-0.05, 0) is 18.1 Å². The lowest BCUT2D eigenvalue weighted by molar-refractivity contribution is -0.123. The number of rotatable bonds is 5. The Labute approximate surface area is 118 Å². The van der Waals surface area contributed by atoms with E-state index in [1.165, 1.54) is 4.80 Å². The van der Waals surface area contributed by atoms with Crippen LogP contribution >= 0.6 is 0 Å². The molecule has 20 heavy (non-hydrogen) atoms. The maximum Gasteiger partial charge on any atom is 0.243 e. The summed E-state index contributed by atoms with van der Waals surface area (Å²) < 4.78 is 0. The number of hydrogen-bond acceptors (Lipinski definition) is 4. The maximum absolute atomic E-state index is 11.8. The van der Waals surface area contributed by atoms with Gasteiger partial charge in [-0.25, -0.2) is 0 Å². The molecule has 1 amide bonds. The first-order chi connectivity index (χ1) is 9.56. The highest BCUT2D eigenvalue weighted by Gasteiger charge is 2.13. The number of hydrogen-bond donors (Lipinski definition) is 1. The number of aromatic nitrogens is 4. The van der Waals surface area contributed by atoms with Gasteiger partial charge in [-0.15, -0.1) is 10.2 Å². The summed E-state index contributed by atoms with van der Waals surface area (Å²) in [6.45, 7) is 6.18. The summed E-state index contributed by atoms with van der Waals surface area (Å²) in [6.07, 6.45) is 0. The zero-order chi connectivity index (χ0) is 14.5. The van der Waals surface area contributed by atoms with Gasteiger partial charge in [0.1, 0.15) is 6.54 Å². The van der Waals surface area contributed by atoms with E-state index in [9.17, 15) is 4.79 Å². The van der Waals surface area contributed by atoms with Crippen LogP contribution in [0.25, 0.3) is 11.4 Å². The van der Waals surface area contributed by atoms with Crippen molar-refractivity contribution >= 4 is 5.91 Å². The SMILES string of the molecule is CC(C)[C@H](C)NC(=O)Cn1nnc(-c2ccccc2)n1. The summed E-state index contributed by atoms with van der Waals surface area (Å²) in [6, 6.07) is 9.68. The molecule has 0 saturated heterocycles. The largest absolute Gasteiger partial charge is 0.352 e. The number of benzene rings is 1. The fourth-order valence-electron chi connectivity index (χ4n) is 1.61. The molecule has 1 atom stereocenters. The summed E-state index contributed by atoms with van der Waals surface area (Å²) >= 11 is 0. The first-order valence-electron chi connectivity index (χ1n) is 6.69. The van der Waals surface area contributed by atoms with E-state index in [0.717, 1.165) is 5.56 Å². The Morgan fingerprint density at radius 3 is 2.60 bits per heavy atom. The van der Waals surface area contributed by atoms with Crippen LogP contribution in [0.2, 0.25) is 0 Å². The molecule has 0 radical (unpaired) electrons. The third-order valence-corrected chi connectivity index (χ3v) is 3.16. The second kappa shape index (κ2) is 6.27. The highest BCUT2D eigenvalue weighted by atomic mass is 16.2. The monoisotopic (exact) mass is 273 g/mol. The number of amides is 1. The van der Waals surface area contributed by atoms with E-state index in [4.69, 9.17) is 0 Å². The van der Waals surface area contributed by atoms with Crippen molar-refractivity contribution < 1.29 is 4.79 Å². The van der Waals surface area contributed by atoms with Crippen molar-refractivity contribution in [3.05, 3.63) is 30.3 Å². The first kappa shape index (κ1) is 14.2. The number of nitrogens with zero attached hydrogens (tertiary/aromatic N) is 4. The zero-order valence-electron chi connectivity index (χ0n) is 11.9. The molecule has 0 bridgehead atoms. The summed E-state index contributed by atoms with van der Waals surface area (Å²) in [5.74, 6) is 0.807. The molecule has 0 unspecified atom stereocenters. The lowest BCUT2D eigenvalue weighted by atomic mass is 10.1. The minimum atomic E-state index is -0.108. The van der Waals surface area contributed by atoms with Gasteiger partial charge in [0.25, 0.3) is 0 Å². The minimum absolute atomic E-state index is 0.0803. The molecule has 1 aromatic carbocycles. The molecular formula is C14H19N5O. The summed E-state index contributed by atoms with van der Waals surface area (Å²) in [7, 11) is 0. The third kappa shape index (κ3) is 3.63. The van der Waals surface area contributed by atoms with Crippen molar-refractivity contribution in [1.29, 1.82) is 0 Å². The lowest BCUT2D eigenvalue weighted by Gasteiger charge is -2.16. The molecular weight excluding hydrogens is 254 g/mol. The Balaban J connectivity index is 1.98. The van der Waals surface area contributed by atoms with Gasteiger partial charge < -0.3 is 5.32 Å². The molecule has 0 spiro atoms. The molecule has 6 heteroatoms. The van der Waals surface area contributed by atoms with E-state index in [-0.39, 0.29) is 18.5 Å². The number of carbonyl (C=O) groups is 1. The predicted octanol–water partition coefficient (Wildman–Crippen LogP) is 1.50. The van der Waals surface area contributed by atoms with E-state index < -0.39 is 0 Å². The number of carbonyl (C=O) groups excluding carboxylic acids is 1. The molecule has 0 aliphatic carbocycles. The van der Waals surface area contributed by atoms with Gasteiger partial charge in [0.15, 0.2) is 0 Å². The van der Waals surface area contributed by atoms with Crippen LogP contribution in [0, 0.1) is 5.92 Å². The Hall–Kier alpha value is -2.24. The molecule has 0 fully saturated rings. The van der Waals surface area contributed by atoms with Crippen molar-refractivity contribution in [2.75, 3.05) is 0 Å². The molecule has 0 aliphatic rings. The number of tetrazole rings is 1. The maximum atomic E-state index is 11.8. The lowest BCUT2D eigenvalue weighted by Crippen LogP contribution is -2.38. The van der Waals surface area contributed by atoms with Gasteiger partial charge >= 0.3 is 0 Å². The van der Waals surface area contributed by atoms with Gasteiger partial charge in [-0.3, -0.25) is 4.79 Å². The molecule has 1 aromatic heterocycles. The van der Waals surface area contributed by atoms with Crippen molar-refractivity contribution in [3.63, 3.8) is 0 Å². The Morgan fingerprint density at radius 1 is 1.25 bits per heavy atom. The van der Waals surface area contributed by atoms with E-state index in [2.05, 4.69) is 34.6 Å². The van der Waals surface area contributed by atoms with Crippen LogP contribution in [-0.2, 0) is 11.3 Å². The topological polar surface area (TPSA) is 72.7 Å². The molecule has 1 N–H and O–H groups in total. The fraction of sp³-hybridized carbons (Fsp3) is 0.429. The predicted molar refractivity (Wildman–Crippen MR) is 75.7 cm³/mol. The average Bonchev–Trinajstić information content (AvgIpc) is 2.88. The highest BCUT2D eigenvalue weighted by Crippen LogP contribution is 2.11. The minimum Gasteiger partial charge on any atom is -0.352 e. The smallest absolute Gasteiger partial charge is 0.243 e. The van der Waals surface area contributed by atoms with Crippen LogP contribution in [0.3, 0.4) is 0 Å². The van der Waals surface area contributed by atoms with Crippen molar-refractivity contribution in [3.8, 4) is 11.4 Å². The normalized spacial score (nSPS) is 12.4. The van der Waals surface area contributed by atoms with Crippen molar-refractivity contribution in [2.24, 2.45) is 5.92 Å². The van der Waals surface area contributed by atoms with Crippen LogP contribution in [0.5, 0.6) is 0 Å². The molecule has 0 saturated carbocycles. The highest BCUT2D eigenvalue weighted by molar-refractivity contribution is 5.75. The molecule has 6 nitrogen and oxygen atoms in total. The summed E-state index contributed by atoms with van der Waals surface area (Å²) in [5, 5.41) is 15.0.